The average Bonchev–Trinajstić information content (AvgIpc) is 2.67. The molecule has 1 aliphatic carbocycles. The first-order valence-electron chi connectivity index (χ1n) is 5.79. The topological polar surface area (TPSA) is 61.8 Å². The molecule has 0 amide bonds. The van der Waals surface area contributed by atoms with Crippen molar-refractivity contribution in [1.29, 1.82) is 5.26 Å². The zero-order valence-corrected chi connectivity index (χ0v) is 11.5. The normalized spacial score (nSPS) is 26.9. The average molecular weight is 306 g/mol. The second-order valence-electron chi connectivity index (χ2n) is 5.14. The van der Waals surface area contributed by atoms with Crippen LogP contribution in [0.5, 0.6) is 0 Å². The molecule has 92 valence electrons. The number of hydrogen-bond donors (Lipinski definition) is 1. The summed E-state index contributed by atoms with van der Waals surface area (Å²) in [5.74, 6) is 0. The molecule has 1 N–H and O–H groups in total. The molecule has 1 saturated carbocycles. The van der Waals surface area contributed by atoms with E-state index >= 15 is 0 Å². The van der Waals surface area contributed by atoms with E-state index in [4.69, 9.17) is 0 Å². The Labute approximate surface area is 113 Å². The summed E-state index contributed by atoms with van der Waals surface area (Å²) in [7, 11) is 0. The van der Waals surface area contributed by atoms with Crippen molar-refractivity contribution in [2.45, 2.75) is 31.4 Å². The standard InChI is InChI=1S/C13H12BrN3O/c1-13(18)4-10(5-13)17-7-16-11-3-9(14)2-8(6-15)12(11)17/h2-3,7,10,18H,4-5H2,1H3/t10-,13+. The van der Waals surface area contributed by atoms with E-state index in [9.17, 15) is 10.4 Å². The molecule has 1 fully saturated rings. The van der Waals surface area contributed by atoms with Crippen molar-refractivity contribution in [1.82, 2.24) is 9.55 Å². The predicted molar refractivity (Wildman–Crippen MR) is 71.0 cm³/mol. The number of nitrogens with zero attached hydrogens (tertiary/aromatic N) is 3. The first kappa shape index (κ1) is 11.7. The molecule has 0 bridgehead atoms. The smallest absolute Gasteiger partial charge is 0.101 e. The van der Waals surface area contributed by atoms with Gasteiger partial charge in [0.2, 0.25) is 0 Å². The Kier molecular flexibility index (Phi) is 2.47. The van der Waals surface area contributed by atoms with Crippen molar-refractivity contribution in [3.8, 4) is 6.07 Å². The lowest BCUT2D eigenvalue weighted by atomic mass is 9.77. The van der Waals surface area contributed by atoms with Crippen molar-refractivity contribution in [3.63, 3.8) is 0 Å². The quantitative estimate of drug-likeness (QED) is 0.881. The number of imidazole rings is 1. The summed E-state index contributed by atoms with van der Waals surface area (Å²) < 4.78 is 2.87. The number of rotatable bonds is 1. The van der Waals surface area contributed by atoms with Crippen molar-refractivity contribution in [2.24, 2.45) is 0 Å². The molecule has 2 aromatic rings. The number of benzene rings is 1. The summed E-state index contributed by atoms with van der Waals surface area (Å²) >= 11 is 3.38. The molecule has 0 spiro atoms. The molecular weight excluding hydrogens is 294 g/mol. The number of aliphatic hydroxyl groups is 1. The fraction of sp³-hybridized carbons (Fsp3) is 0.385. The van der Waals surface area contributed by atoms with Crippen LogP contribution in [-0.4, -0.2) is 20.3 Å². The molecule has 4 nitrogen and oxygen atoms in total. The van der Waals surface area contributed by atoms with Crippen LogP contribution in [0.4, 0.5) is 0 Å². The van der Waals surface area contributed by atoms with E-state index in [2.05, 4.69) is 27.0 Å². The minimum absolute atomic E-state index is 0.235. The molecule has 1 aromatic carbocycles. The Bertz CT molecular complexity index is 661. The summed E-state index contributed by atoms with van der Waals surface area (Å²) in [6, 6.07) is 6.15. The van der Waals surface area contributed by atoms with Gasteiger partial charge in [-0.3, -0.25) is 0 Å². The number of halogens is 1. The van der Waals surface area contributed by atoms with Gasteiger partial charge >= 0.3 is 0 Å². The fourth-order valence-corrected chi connectivity index (χ4v) is 3.10. The van der Waals surface area contributed by atoms with Crippen LogP contribution in [0, 0.1) is 11.3 Å². The van der Waals surface area contributed by atoms with Gasteiger partial charge in [0, 0.05) is 10.5 Å². The SMILES string of the molecule is C[C@]1(O)C[C@@H](n2cnc3cc(Br)cc(C#N)c32)C1. The molecule has 0 radical (unpaired) electrons. The zero-order valence-electron chi connectivity index (χ0n) is 9.89. The highest BCUT2D eigenvalue weighted by molar-refractivity contribution is 9.10. The summed E-state index contributed by atoms with van der Waals surface area (Å²) in [5.41, 5.74) is 1.71. The van der Waals surface area contributed by atoms with Crippen molar-refractivity contribution >= 4 is 27.0 Å². The Morgan fingerprint density at radius 1 is 1.56 bits per heavy atom. The van der Waals surface area contributed by atoms with E-state index in [1.807, 2.05) is 17.6 Å². The summed E-state index contributed by atoms with van der Waals surface area (Å²) in [5, 5.41) is 19.0. The molecule has 0 aliphatic heterocycles. The molecule has 5 heteroatoms. The molecule has 18 heavy (non-hydrogen) atoms. The predicted octanol–water partition coefficient (Wildman–Crippen LogP) is 2.76. The molecule has 0 saturated heterocycles. The number of fused-ring (bicyclic) bond motifs is 1. The van der Waals surface area contributed by atoms with Gasteiger partial charge in [-0.15, -0.1) is 0 Å². The lowest BCUT2D eigenvalue weighted by Gasteiger charge is -2.41. The molecule has 1 heterocycles. The van der Waals surface area contributed by atoms with Gasteiger partial charge in [0.25, 0.3) is 0 Å². The Balaban J connectivity index is 2.12. The minimum atomic E-state index is -0.580. The van der Waals surface area contributed by atoms with E-state index in [0.717, 1.165) is 15.5 Å². The van der Waals surface area contributed by atoms with Crippen LogP contribution in [-0.2, 0) is 0 Å². The largest absolute Gasteiger partial charge is 0.390 e. The van der Waals surface area contributed by atoms with Gasteiger partial charge in [0.05, 0.1) is 28.5 Å². The van der Waals surface area contributed by atoms with Gasteiger partial charge in [0.1, 0.15) is 6.07 Å². The highest BCUT2D eigenvalue weighted by Crippen LogP contribution is 2.42. The third-order valence-electron chi connectivity index (χ3n) is 3.50. The van der Waals surface area contributed by atoms with E-state index in [-0.39, 0.29) is 6.04 Å². The summed E-state index contributed by atoms with van der Waals surface area (Å²) in [6.07, 6.45) is 3.18. The lowest BCUT2D eigenvalue weighted by molar-refractivity contribution is -0.0498. The molecule has 0 atom stereocenters. The Hall–Kier alpha value is -1.38. The first-order valence-corrected chi connectivity index (χ1v) is 6.58. The lowest BCUT2D eigenvalue weighted by Crippen LogP contribution is -2.41. The van der Waals surface area contributed by atoms with Crippen molar-refractivity contribution < 1.29 is 5.11 Å². The maximum Gasteiger partial charge on any atom is 0.101 e. The second kappa shape index (κ2) is 3.81. The molecule has 0 unspecified atom stereocenters. The van der Waals surface area contributed by atoms with Crippen LogP contribution in [0.1, 0.15) is 31.4 Å². The maximum absolute atomic E-state index is 9.82. The van der Waals surface area contributed by atoms with E-state index in [1.165, 1.54) is 0 Å². The zero-order chi connectivity index (χ0) is 12.9. The van der Waals surface area contributed by atoms with Gasteiger partial charge in [-0.1, -0.05) is 15.9 Å². The van der Waals surface area contributed by atoms with E-state index < -0.39 is 5.60 Å². The Morgan fingerprint density at radius 2 is 2.28 bits per heavy atom. The fourth-order valence-electron chi connectivity index (χ4n) is 2.65. The van der Waals surface area contributed by atoms with Crippen LogP contribution in [0.25, 0.3) is 11.0 Å². The summed E-state index contributed by atoms with van der Waals surface area (Å²) in [6.45, 7) is 1.84. The van der Waals surface area contributed by atoms with Crippen LogP contribution in [0.3, 0.4) is 0 Å². The van der Waals surface area contributed by atoms with Gasteiger partial charge in [-0.05, 0) is 31.9 Å². The van der Waals surface area contributed by atoms with Crippen LogP contribution < -0.4 is 0 Å². The van der Waals surface area contributed by atoms with Crippen molar-refractivity contribution in [2.75, 3.05) is 0 Å². The monoisotopic (exact) mass is 305 g/mol. The van der Waals surface area contributed by atoms with Gasteiger partial charge in [-0.2, -0.15) is 5.26 Å². The maximum atomic E-state index is 9.82. The second-order valence-corrected chi connectivity index (χ2v) is 6.06. The number of aromatic nitrogens is 2. The molecule has 1 aromatic heterocycles. The summed E-state index contributed by atoms with van der Waals surface area (Å²) in [4.78, 5) is 4.34. The van der Waals surface area contributed by atoms with Gasteiger partial charge in [-0.25, -0.2) is 4.98 Å². The van der Waals surface area contributed by atoms with E-state index in [0.29, 0.717) is 18.4 Å². The van der Waals surface area contributed by atoms with Gasteiger partial charge in [0.15, 0.2) is 0 Å². The highest BCUT2D eigenvalue weighted by Gasteiger charge is 2.40. The third kappa shape index (κ3) is 1.73. The number of hydrogen-bond acceptors (Lipinski definition) is 3. The van der Waals surface area contributed by atoms with Gasteiger partial charge < -0.3 is 9.67 Å². The first-order chi connectivity index (χ1) is 8.50. The number of nitriles is 1. The minimum Gasteiger partial charge on any atom is -0.390 e. The molecule has 1 aliphatic rings. The highest BCUT2D eigenvalue weighted by atomic mass is 79.9. The molecule has 3 rings (SSSR count). The van der Waals surface area contributed by atoms with E-state index in [1.54, 1.807) is 12.4 Å². The molecular formula is C13H12BrN3O. The van der Waals surface area contributed by atoms with Crippen LogP contribution in [0.15, 0.2) is 22.9 Å². The Morgan fingerprint density at radius 3 is 2.89 bits per heavy atom. The van der Waals surface area contributed by atoms with Crippen LogP contribution >= 0.6 is 15.9 Å². The third-order valence-corrected chi connectivity index (χ3v) is 3.96. The van der Waals surface area contributed by atoms with Crippen molar-refractivity contribution in [3.05, 3.63) is 28.5 Å². The van der Waals surface area contributed by atoms with Crippen LogP contribution in [0.2, 0.25) is 0 Å².